The van der Waals surface area contributed by atoms with Crippen LogP contribution in [0.3, 0.4) is 0 Å². The Hall–Kier alpha value is -1.56. The number of carbonyl (C=O) groups is 1. The summed E-state index contributed by atoms with van der Waals surface area (Å²) < 4.78 is 22.2. The third-order valence-corrected chi connectivity index (χ3v) is 4.30. The molecule has 2 rings (SSSR count). The number of sulfone groups is 1. The van der Waals surface area contributed by atoms with E-state index in [2.05, 4.69) is 4.90 Å². The normalized spacial score (nSPS) is 14.5. The van der Waals surface area contributed by atoms with Gasteiger partial charge in [0.25, 0.3) is 0 Å². The second-order valence-corrected chi connectivity index (χ2v) is 7.13. The molecule has 0 saturated carbocycles. The van der Waals surface area contributed by atoms with Crippen LogP contribution in [-0.2, 0) is 16.3 Å². The first-order chi connectivity index (χ1) is 8.87. The van der Waals surface area contributed by atoms with Crippen LogP contribution in [0.4, 0.5) is 5.69 Å². The summed E-state index contributed by atoms with van der Waals surface area (Å²) in [6.45, 7) is 1.46. The molecule has 0 atom stereocenters. The molecule has 0 aliphatic carbocycles. The molecule has 0 fully saturated rings. The maximum Gasteiger partial charge on any atom is 0.335 e. The molecule has 0 radical (unpaired) electrons. The van der Waals surface area contributed by atoms with Crippen molar-refractivity contribution in [1.82, 2.24) is 0 Å². The van der Waals surface area contributed by atoms with Crippen molar-refractivity contribution in [3.63, 3.8) is 0 Å². The SMILES string of the molecule is CS(=O)(=O)CCCN1CCc2ccc(C(=O)O)cc21. The van der Waals surface area contributed by atoms with Crippen LogP contribution >= 0.6 is 0 Å². The van der Waals surface area contributed by atoms with Crippen molar-refractivity contribution in [3.8, 4) is 0 Å². The molecule has 0 amide bonds. The van der Waals surface area contributed by atoms with E-state index in [9.17, 15) is 13.2 Å². The van der Waals surface area contributed by atoms with Crippen LogP contribution in [-0.4, -0.2) is 44.6 Å². The van der Waals surface area contributed by atoms with Crippen molar-refractivity contribution in [3.05, 3.63) is 29.3 Å². The van der Waals surface area contributed by atoms with E-state index in [0.29, 0.717) is 13.0 Å². The van der Waals surface area contributed by atoms with E-state index < -0.39 is 15.8 Å². The van der Waals surface area contributed by atoms with Crippen LogP contribution in [0.15, 0.2) is 18.2 Å². The topological polar surface area (TPSA) is 74.7 Å². The zero-order valence-corrected chi connectivity index (χ0v) is 11.6. The van der Waals surface area contributed by atoms with Crippen molar-refractivity contribution >= 4 is 21.5 Å². The van der Waals surface area contributed by atoms with Gasteiger partial charge in [-0.3, -0.25) is 0 Å². The largest absolute Gasteiger partial charge is 0.478 e. The van der Waals surface area contributed by atoms with Gasteiger partial charge in [-0.25, -0.2) is 13.2 Å². The van der Waals surface area contributed by atoms with Crippen LogP contribution in [0.1, 0.15) is 22.3 Å². The fourth-order valence-electron chi connectivity index (χ4n) is 2.33. The van der Waals surface area contributed by atoms with Gasteiger partial charge in [0.05, 0.1) is 11.3 Å². The number of anilines is 1. The highest BCUT2D eigenvalue weighted by Crippen LogP contribution is 2.29. The van der Waals surface area contributed by atoms with Gasteiger partial charge in [-0.1, -0.05) is 6.07 Å². The van der Waals surface area contributed by atoms with Gasteiger partial charge in [0.15, 0.2) is 0 Å². The molecule has 0 bridgehead atoms. The van der Waals surface area contributed by atoms with Gasteiger partial charge in [-0.15, -0.1) is 0 Å². The molecule has 104 valence electrons. The highest BCUT2D eigenvalue weighted by molar-refractivity contribution is 7.90. The first kappa shape index (κ1) is 13.9. The lowest BCUT2D eigenvalue weighted by atomic mass is 10.1. The van der Waals surface area contributed by atoms with Crippen molar-refractivity contribution in [2.75, 3.05) is 30.0 Å². The van der Waals surface area contributed by atoms with Crippen molar-refractivity contribution in [2.45, 2.75) is 12.8 Å². The van der Waals surface area contributed by atoms with Gasteiger partial charge in [0, 0.05) is 25.0 Å². The summed E-state index contributed by atoms with van der Waals surface area (Å²) in [4.78, 5) is 13.0. The summed E-state index contributed by atoms with van der Waals surface area (Å²) >= 11 is 0. The lowest BCUT2D eigenvalue weighted by Gasteiger charge is -2.19. The molecule has 0 spiro atoms. The number of carboxylic acids is 1. The number of carboxylic acid groups (broad SMARTS) is 1. The fraction of sp³-hybridized carbons (Fsp3) is 0.462. The van der Waals surface area contributed by atoms with Crippen LogP contribution < -0.4 is 4.90 Å². The quantitative estimate of drug-likeness (QED) is 0.878. The van der Waals surface area contributed by atoms with Gasteiger partial charge < -0.3 is 10.0 Å². The molecule has 1 aromatic carbocycles. The van der Waals surface area contributed by atoms with Gasteiger partial charge in [0.2, 0.25) is 0 Å². The van der Waals surface area contributed by atoms with Gasteiger partial charge >= 0.3 is 5.97 Å². The minimum atomic E-state index is -2.94. The lowest BCUT2D eigenvalue weighted by Crippen LogP contribution is -2.23. The molecule has 1 aromatic rings. The number of aromatic carboxylic acids is 1. The summed E-state index contributed by atoms with van der Waals surface area (Å²) in [7, 11) is -2.94. The Morgan fingerprint density at radius 2 is 2.16 bits per heavy atom. The number of nitrogens with zero attached hydrogens (tertiary/aromatic N) is 1. The second kappa shape index (κ2) is 5.21. The van der Waals surface area contributed by atoms with Crippen LogP contribution in [0, 0.1) is 0 Å². The Kier molecular flexibility index (Phi) is 3.80. The highest BCUT2D eigenvalue weighted by Gasteiger charge is 2.20. The van der Waals surface area contributed by atoms with Crippen molar-refractivity contribution in [2.24, 2.45) is 0 Å². The van der Waals surface area contributed by atoms with E-state index in [4.69, 9.17) is 5.11 Å². The molecule has 6 heteroatoms. The predicted molar refractivity (Wildman–Crippen MR) is 73.6 cm³/mol. The number of rotatable bonds is 5. The summed E-state index contributed by atoms with van der Waals surface area (Å²) in [6, 6.07) is 5.13. The summed E-state index contributed by atoms with van der Waals surface area (Å²) in [5.41, 5.74) is 2.33. The Balaban J connectivity index is 2.08. The molecule has 0 aromatic heterocycles. The Labute approximate surface area is 112 Å². The molecule has 19 heavy (non-hydrogen) atoms. The summed E-state index contributed by atoms with van der Waals surface area (Å²) in [6.07, 6.45) is 2.68. The molecular formula is C13H17NO4S. The maximum atomic E-state index is 11.1. The smallest absolute Gasteiger partial charge is 0.335 e. The number of benzene rings is 1. The molecule has 1 heterocycles. The molecule has 5 nitrogen and oxygen atoms in total. The predicted octanol–water partition coefficient (Wildman–Crippen LogP) is 1.18. The van der Waals surface area contributed by atoms with Gasteiger partial charge in [0.1, 0.15) is 9.84 Å². The third-order valence-electron chi connectivity index (χ3n) is 3.27. The highest BCUT2D eigenvalue weighted by atomic mass is 32.2. The standard InChI is InChI=1S/C13H17NO4S/c1-19(17,18)8-2-6-14-7-5-10-3-4-11(13(15)16)9-12(10)14/h3-4,9H,2,5-8H2,1H3,(H,15,16). The summed E-state index contributed by atoms with van der Waals surface area (Å²) in [5.74, 6) is -0.775. The minimum Gasteiger partial charge on any atom is -0.478 e. The minimum absolute atomic E-state index is 0.164. The molecule has 1 aliphatic rings. The Morgan fingerprint density at radius 3 is 2.79 bits per heavy atom. The Bertz CT molecular complexity index is 595. The van der Waals surface area contributed by atoms with E-state index >= 15 is 0 Å². The monoisotopic (exact) mass is 283 g/mol. The molecule has 0 saturated heterocycles. The average molecular weight is 283 g/mol. The van der Waals surface area contributed by atoms with E-state index in [1.807, 2.05) is 6.07 Å². The lowest BCUT2D eigenvalue weighted by molar-refractivity contribution is 0.0697. The first-order valence-electron chi connectivity index (χ1n) is 6.16. The third kappa shape index (κ3) is 3.47. The van der Waals surface area contributed by atoms with Crippen LogP contribution in [0.25, 0.3) is 0 Å². The van der Waals surface area contributed by atoms with E-state index in [-0.39, 0.29) is 11.3 Å². The number of hydrogen-bond donors (Lipinski definition) is 1. The van der Waals surface area contributed by atoms with Gasteiger partial charge in [-0.2, -0.15) is 0 Å². The maximum absolute atomic E-state index is 11.1. The van der Waals surface area contributed by atoms with E-state index in [1.54, 1.807) is 12.1 Å². The average Bonchev–Trinajstić information content (AvgIpc) is 2.70. The van der Waals surface area contributed by atoms with E-state index in [1.165, 1.54) is 6.26 Å². The molecule has 0 unspecified atom stereocenters. The van der Waals surface area contributed by atoms with Crippen molar-refractivity contribution < 1.29 is 18.3 Å². The molecular weight excluding hydrogens is 266 g/mol. The summed E-state index contributed by atoms with van der Waals surface area (Å²) in [5, 5.41) is 8.99. The Morgan fingerprint density at radius 1 is 1.42 bits per heavy atom. The van der Waals surface area contributed by atoms with Crippen LogP contribution in [0.5, 0.6) is 0 Å². The first-order valence-corrected chi connectivity index (χ1v) is 8.22. The molecule has 1 N–H and O–H groups in total. The van der Waals surface area contributed by atoms with Crippen molar-refractivity contribution in [1.29, 1.82) is 0 Å². The van der Waals surface area contributed by atoms with Crippen LogP contribution in [0.2, 0.25) is 0 Å². The second-order valence-electron chi connectivity index (χ2n) is 4.87. The van der Waals surface area contributed by atoms with Gasteiger partial charge in [-0.05, 0) is 30.5 Å². The number of fused-ring (bicyclic) bond motifs is 1. The molecule has 1 aliphatic heterocycles. The zero-order chi connectivity index (χ0) is 14.0. The zero-order valence-electron chi connectivity index (χ0n) is 10.8. The fourth-order valence-corrected chi connectivity index (χ4v) is 2.98. The number of hydrogen-bond acceptors (Lipinski definition) is 4. The van der Waals surface area contributed by atoms with E-state index in [0.717, 1.165) is 24.2 Å².